The average molecular weight is 201 g/mol. The standard InChI is InChI=1S/C14H19N/c1-4-8-13(3)15-11-12(2)14-9-6-5-7-10-14/h1,5-7,9-10,12-13,15H,8,11H2,2-3H3. The van der Waals surface area contributed by atoms with E-state index in [1.54, 1.807) is 0 Å². The molecule has 0 aliphatic carbocycles. The molecule has 0 saturated carbocycles. The van der Waals surface area contributed by atoms with Gasteiger partial charge in [0.2, 0.25) is 0 Å². The Hall–Kier alpha value is -1.26. The van der Waals surface area contributed by atoms with Crippen molar-refractivity contribution in [2.75, 3.05) is 6.54 Å². The molecule has 0 aliphatic heterocycles. The van der Waals surface area contributed by atoms with Gasteiger partial charge >= 0.3 is 0 Å². The number of terminal acetylenes is 1. The zero-order chi connectivity index (χ0) is 11.1. The molecule has 0 fully saturated rings. The lowest BCUT2D eigenvalue weighted by Crippen LogP contribution is -2.29. The van der Waals surface area contributed by atoms with Gasteiger partial charge in [0.05, 0.1) is 0 Å². The third kappa shape index (κ3) is 4.18. The summed E-state index contributed by atoms with van der Waals surface area (Å²) in [4.78, 5) is 0. The fourth-order valence-electron chi connectivity index (χ4n) is 1.53. The van der Waals surface area contributed by atoms with Crippen molar-refractivity contribution in [2.24, 2.45) is 0 Å². The fourth-order valence-corrected chi connectivity index (χ4v) is 1.53. The molecule has 0 radical (unpaired) electrons. The highest BCUT2D eigenvalue weighted by Crippen LogP contribution is 2.13. The summed E-state index contributed by atoms with van der Waals surface area (Å²) in [6.45, 7) is 5.33. The monoisotopic (exact) mass is 201 g/mol. The lowest BCUT2D eigenvalue weighted by atomic mass is 10.0. The van der Waals surface area contributed by atoms with E-state index < -0.39 is 0 Å². The Morgan fingerprint density at radius 2 is 1.93 bits per heavy atom. The highest BCUT2D eigenvalue weighted by atomic mass is 14.9. The van der Waals surface area contributed by atoms with Crippen LogP contribution < -0.4 is 5.32 Å². The van der Waals surface area contributed by atoms with E-state index in [9.17, 15) is 0 Å². The van der Waals surface area contributed by atoms with Crippen molar-refractivity contribution < 1.29 is 0 Å². The summed E-state index contributed by atoms with van der Waals surface area (Å²) in [5, 5.41) is 3.44. The van der Waals surface area contributed by atoms with Crippen molar-refractivity contribution >= 4 is 0 Å². The van der Waals surface area contributed by atoms with Gasteiger partial charge in [-0.2, -0.15) is 0 Å². The first-order chi connectivity index (χ1) is 7.24. The molecule has 1 aromatic carbocycles. The van der Waals surface area contributed by atoms with Gasteiger partial charge in [-0.05, 0) is 18.4 Å². The van der Waals surface area contributed by atoms with Crippen LogP contribution in [0.3, 0.4) is 0 Å². The van der Waals surface area contributed by atoms with Crippen LogP contribution in [0, 0.1) is 12.3 Å². The third-order valence-corrected chi connectivity index (χ3v) is 2.57. The molecule has 0 bridgehead atoms. The molecule has 15 heavy (non-hydrogen) atoms. The molecule has 0 saturated heterocycles. The first-order valence-corrected chi connectivity index (χ1v) is 5.46. The summed E-state index contributed by atoms with van der Waals surface area (Å²) in [5.74, 6) is 3.20. The van der Waals surface area contributed by atoms with Gasteiger partial charge in [-0.1, -0.05) is 37.3 Å². The Morgan fingerprint density at radius 3 is 2.53 bits per heavy atom. The summed E-state index contributed by atoms with van der Waals surface area (Å²) >= 11 is 0. The minimum atomic E-state index is 0.404. The maximum atomic E-state index is 5.26. The Bertz CT molecular complexity index is 310. The van der Waals surface area contributed by atoms with Gasteiger partial charge in [-0.3, -0.25) is 0 Å². The molecule has 0 aromatic heterocycles. The second kappa shape index (κ2) is 6.27. The van der Waals surface area contributed by atoms with Gasteiger partial charge in [0, 0.05) is 19.0 Å². The normalized spacial score (nSPS) is 14.2. The maximum absolute atomic E-state index is 5.26. The van der Waals surface area contributed by atoms with E-state index >= 15 is 0 Å². The van der Waals surface area contributed by atoms with E-state index in [1.807, 2.05) is 6.07 Å². The quantitative estimate of drug-likeness (QED) is 0.722. The summed E-state index contributed by atoms with van der Waals surface area (Å²) in [7, 11) is 0. The van der Waals surface area contributed by atoms with Crippen LogP contribution in [0.25, 0.3) is 0 Å². The van der Waals surface area contributed by atoms with E-state index in [1.165, 1.54) is 5.56 Å². The summed E-state index contributed by atoms with van der Waals surface area (Å²) in [5.41, 5.74) is 1.37. The molecule has 0 heterocycles. The fraction of sp³-hybridized carbons (Fsp3) is 0.429. The first kappa shape index (κ1) is 11.8. The Balaban J connectivity index is 2.37. The summed E-state index contributed by atoms with van der Waals surface area (Å²) in [6, 6.07) is 10.9. The van der Waals surface area contributed by atoms with Crippen molar-refractivity contribution in [1.29, 1.82) is 0 Å². The van der Waals surface area contributed by atoms with Gasteiger partial charge in [0.1, 0.15) is 0 Å². The van der Waals surface area contributed by atoms with E-state index in [4.69, 9.17) is 6.42 Å². The number of rotatable bonds is 5. The van der Waals surface area contributed by atoms with Crippen LogP contribution in [0.15, 0.2) is 30.3 Å². The summed E-state index contributed by atoms with van der Waals surface area (Å²) < 4.78 is 0. The molecule has 2 atom stereocenters. The van der Waals surface area contributed by atoms with Crippen molar-refractivity contribution in [3.8, 4) is 12.3 Å². The molecule has 1 N–H and O–H groups in total. The molecule has 80 valence electrons. The smallest absolute Gasteiger partial charge is 0.0238 e. The number of hydrogen-bond donors (Lipinski definition) is 1. The average Bonchev–Trinajstić information content (AvgIpc) is 2.27. The van der Waals surface area contributed by atoms with Gasteiger partial charge in [0.15, 0.2) is 0 Å². The number of nitrogens with one attached hydrogen (secondary N) is 1. The number of benzene rings is 1. The topological polar surface area (TPSA) is 12.0 Å². The molecule has 1 rings (SSSR count). The van der Waals surface area contributed by atoms with Gasteiger partial charge in [-0.15, -0.1) is 12.3 Å². The predicted molar refractivity (Wildman–Crippen MR) is 65.8 cm³/mol. The van der Waals surface area contributed by atoms with Crippen LogP contribution in [0.1, 0.15) is 31.7 Å². The van der Waals surface area contributed by atoms with E-state index in [2.05, 4.69) is 49.4 Å². The van der Waals surface area contributed by atoms with Crippen molar-refractivity contribution in [3.05, 3.63) is 35.9 Å². The SMILES string of the molecule is C#CCC(C)NCC(C)c1ccccc1. The largest absolute Gasteiger partial charge is 0.313 e. The Labute approximate surface area is 92.9 Å². The Morgan fingerprint density at radius 1 is 1.27 bits per heavy atom. The van der Waals surface area contributed by atoms with Gasteiger partial charge in [0.25, 0.3) is 0 Å². The minimum absolute atomic E-state index is 0.404. The first-order valence-electron chi connectivity index (χ1n) is 5.46. The highest BCUT2D eigenvalue weighted by molar-refractivity contribution is 5.19. The third-order valence-electron chi connectivity index (χ3n) is 2.57. The zero-order valence-electron chi connectivity index (χ0n) is 9.53. The van der Waals surface area contributed by atoms with Crippen LogP contribution >= 0.6 is 0 Å². The molecular weight excluding hydrogens is 182 g/mol. The highest BCUT2D eigenvalue weighted by Gasteiger charge is 2.06. The second-order valence-electron chi connectivity index (χ2n) is 4.03. The molecule has 0 spiro atoms. The van der Waals surface area contributed by atoms with Crippen molar-refractivity contribution in [2.45, 2.75) is 32.2 Å². The zero-order valence-corrected chi connectivity index (χ0v) is 9.53. The van der Waals surface area contributed by atoms with Crippen LogP contribution in [0.2, 0.25) is 0 Å². The van der Waals surface area contributed by atoms with Crippen LogP contribution in [-0.2, 0) is 0 Å². The molecule has 2 unspecified atom stereocenters. The molecule has 1 heteroatoms. The van der Waals surface area contributed by atoms with E-state index in [0.717, 1.165) is 13.0 Å². The van der Waals surface area contributed by atoms with Crippen LogP contribution in [0.5, 0.6) is 0 Å². The Kier molecular flexibility index (Phi) is 4.93. The van der Waals surface area contributed by atoms with E-state index in [-0.39, 0.29) is 0 Å². The lowest BCUT2D eigenvalue weighted by Gasteiger charge is -2.16. The lowest BCUT2D eigenvalue weighted by molar-refractivity contribution is 0.527. The molecule has 0 aliphatic rings. The predicted octanol–water partition coefficient (Wildman–Crippen LogP) is 2.79. The molecule has 1 aromatic rings. The number of hydrogen-bond acceptors (Lipinski definition) is 1. The molecular formula is C14H19N. The minimum Gasteiger partial charge on any atom is -0.313 e. The molecule has 1 nitrogen and oxygen atoms in total. The van der Waals surface area contributed by atoms with Gasteiger partial charge < -0.3 is 5.32 Å². The van der Waals surface area contributed by atoms with Crippen molar-refractivity contribution in [1.82, 2.24) is 5.32 Å². The maximum Gasteiger partial charge on any atom is 0.0238 e. The second-order valence-corrected chi connectivity index (χ2v) is 4.03. The van der Waals surface area contributed by atoms with Crippen LogP contribution in [-0.4, -0.2) is 12.6 Å². The van der Waals surface area contributed by atoms with Crippen LogP contribution in [0.4, 0.5) is 0 Å². The van der Waals surface area contributed by atoms with Gasteiger partial charge in [-0.25, -0.2) is 0 Å². The van der Waals surface area contributed by atoms with Crippen molar-refractivity contribution in [3.63, 3.8) is 0 Å². The van der Waals surface area contributed by atoms with E-state index in [0.29, 0.717) is 12.0 Å². The summed E-state index contributed by atoms with van der Waals surface area (Å²) in [6.07, 6.45) is 6.05. The molecule has 0 amide bonds.